The summed E-state index contributed by atoms with van der Waals surface area (Å²) in [4.78, 5) is 21.7. The van der Waals surface area contributed by atoms with E-state index >= 15 is 0 Å². The van der Waals surface area contributed by atoms with Gasteiger partial charge in [0.15, 0.2) is 0 Å². The van der Waals surface area contributed by atoms with E-state index in [1.54, 1.807) is 27.7 Å². The lowest BCUT2D eigenvalue weighted by atomic mass is 10.2. The van der Waals surface area contributed by atoms with E-state index in [-0.39, 0.29) is 0 Å². The molecular weight excluding hydrogens is 224 g/mol. The number of hydrogen-bond donors (Lipinski definition) is 3. The summed E-state index contributed by atoms with van der Waals surface area (Å²) in [5.74, 6) is -0.884. The lowest BCUT2D eigenvalue weighted by Crippen LogP contribution is -2.37. The number of rotatable bonds is 6. The zero-order chi connectivity index (χ0) is 13.5. The molecule has 0 fully saturated rings. The number of carbonyl (C=O) groups is 2. The van der Waals surface area contributed by atoms with Crippen LogP contribution >= 0.6 is 0 Å². The van der Waals surface area contributed by atoms with Gasteiger partial charge in [-0.15, -0.1) is 0 Å². The van der Waals surface area contributed by atoms with E-state index in [2.05, 4.69) is 10.6 Å². The number of carbonyl (C=O) groups excluding carboxylic acids is 1. The van der Waals surface area contributed by atoms with Crippen LogP contribution in [0.4, 0.5) is 4.79 Å². The molecule has 0 bridgehead atoms. The second-order valence-corrected chi connectivity index (χ2v) is 4.80. The van der Waals surface area contributed by atoms with Gasteiger partial charge in [-0.05, 0) is 40.7 Å². The van der Waals surface area contributed by atoms with Crippen molar-refractivity contribution in [1.29, 1.82) is 0 Å². The number of nitrogens with one attached hydrogen (secondary N) is 2. The predicted molar refractivity (Wildman–Crippen MR) is 64.0 cm³/mol. The summed E-state index contributed by atoms with van der Waals surface area (Å²) in [6.45, 7) is 7.94. The average Bonchev–Trinajstić information content (AvgIpc) is 2.13. The van der Waals surface area contributed by atoms with E-state index in [0.717, 1.165) is 0 Å². The normalized spacial score (nSPS) is 12.9. The van der Waals surface area contributed by atoms with Crippen molar-refractivity contribution in [3.05, 3.63) is 0 Å². The molecule has 0 spiro atoms. The van der Waals surface area contributed by atoms with Gasteiger partial charge in [-0.25, -0.2) is 4.79 Å². The summed E-state index contributed by atoms with van der Waals surface area (Å²) in [5, 5.41) is 14.0. The van der Waals surface area contributed by atoms with Crippen molar-refractivity contribution in [1.82, 2.24) is 10.6 Å². The van der Waals surface area contributed by atoms with Gasteiger partial charge in [0.1, 0.15) is 11.6 Å². The van der Waals surface area contributed by atoms with E-state index in [9.17, 15) is 9.59 Å². The van der Waals surface area contributed by atoms with E-state index in [1.807, 2.05) is 0 Å². The largest absolute Gasteiger partial charge is 0.480 e. The summed E-state index contributed by atoms with van der Waals surface area (Å²) < 4.78 is 5.04. The molecule has 17 heavy (non-hydrogen) atoms. The van der Waals surface area contributed by atoms with Crippen LogP contribution in [0.15, 0.2) is 0 Å². The Hall–Kier alpha value is -1.30. The van der Waals surface area contributed by atoms with Crippen molar-refractivity contribution >= 4 is 12.1 Å². The number of carboxylic acid groups (broad SMARTS) is 1. The lowest BCUT2D eigenvalue weighted by molar-refractivity contribution is -0.139. The average molecular weight is 246 g/mol. The van der Waals surface area contributed by atoms with Crippen LogP contribution in [0.3, 0.4) is 0 Å². The van der Waals surface area contributed by atoms with Gasteiger partial charge in [-0.3, -0.25) is 4.79 Å². The van der Waals surface area contributed by atoms with Gasteiger partial charge in [-0.1, -0.05) is 0 Å². The zero-order valence-corrected chi connectivity index (χ0v) is 10.9. The minimum absolute atomic E-state index is 0.453. The molecule has 100 valence electrons. The molecule has 0 aromatic rings. The SMILES string of the molecule is C[C@H](NCCCNC(=O)OC(C)(C)C)C(=O)O. The highest BCUT2D eigenvalue weighted by atomic mass is 16.6. The van der Waals surface area contributed by atoms with Crippen LogP contribution in [0.2, 0.25) is 0 Å². The topological polar surface area (TPSA) is 87.7 Å². The van der Waals surface area contributed by atoms with Gasteiger partial charge < -0.3 is 20.5 Å². The Morgan fingerprint density at radius 1 is 1.29 bits per heavy atom. The third-order valence-electron chi connectivity index (χ3n) is 1.84. The Morgan fingerprint density at radius 3 is 2.35 bits per heavy atom. The van der Waals surface area contributed by atoms with Crippen LogP contribution < -0.4 is 10.6 Å². The zero-order valence-electron chi connectivity index (χ0n) is 10.9. The molecule has 0 aromatic carbocycles. The highest BCUT2D eigenvalue weighted by Crippen LogP contribution is 2.06. The fourth-order valence-corrected chi connectivity index (χ4v) is 0.999. The molecule has 0 aromatic heterocycles. The van der Waals surface area contributed by atoms with Gasteiger partial charge in [-0.2, -0.15) is 0 Å². The molecule has 0 radical (unpaired) electrons. The van der Waals surface area contributed by atoms with Crippen LogP contribution in [0.5, 0.6) is 0 Å². The van der Waals surface area contributed by atoms with Crippen molar-refractivity contribution in [3.8, 4) is 0 Å². The molecule has 0 aliphatic heterocycles. The van der Waals surface area contributed by atoms with Gasteiger partial charge in [0.25, 0.3) is 0 Å². The van der Waals surface area contributed by atoms with E-state index in [1.165, 1.54) is 0 Å². The Balaban J connectivity index is 3.52. The number of amides is 1. The van der Waals surface area contributed by atoms with Crippen LogP contribution in [0.1, 0.15) is 34.1 Å². The first-order valence-corrected chi connectivity index (χ1v) is 5.65. The monoisotopic (exact) mass is 246 g/mol. The summed E-state index contributed by atoms with van der Waals surface area (Å²) in [6, 6.07) is -0.573. The van der Waals surface area contributed by atoms with Crippen molar-refractivity contribution in [2.75, 3.05) is 13.1 Å². The molecule has 1 atom stereocenters. The summed E-state index contributed by atoms with van der Waals surface area (Å²) in [7, 11) is 0. The summed E-state index contributed by atoms with van der Waals surface area (Å²) in [6.07, 6.45) is 0.195. The van der Waals surface area contributed by atoms with Crippen molar-refractivity contribution in [3.63, 3.8) is 0 Å². The lowest BCUT2D eigenvalue weighted by Gasteiger charge is -2.19. The number of carboxylic acids is 1. The maximum absolute atomic E-state index is 11.2. The first kappa shape index (κ1) is 15.7. The van der Waals surface area contributed by atoms with Crippen LogP contribution in [-0.4, -0.2) is 41.9 Å². The van der Waals surface area contributed by atoms with Crippen LogP contribution in [-0.2, 0) is 9.53 Å². The maximum atomic E-state index is 11.2. The summed E-state index contributed by atoms with van der Waals surface area (Å²) >= 11 is 0. The second-order valence-electron chi connectivity index (χ2n) is 4.80. The molecule has 3 N–H and O–H groups in total. The van der Waals surface area contributed by atoms with Gasteiger partial charge in [0.2, 0.25) is 0 Å². The second kappa shape index (κ2) is 7.11. The third kappa shape index (κ3) is 9.62. The third-order valence-corrected chi connectivity index (χ3v) is 1.84. The minimum atomic E-state index is -0.884. The van der Waals surface area contributed by atoms with Crippen LogP contribution in [0, 0.1) is 0 Å². The fourth-order valence-electron chi connectivity index (χ4n) is 0.999. The number of hydrogen-bond acceptors (Lipinski definition) is 4. The van der Waals surface area contributed by atoms with E-state index in [4.69, 9.17) is 9.84 Å². The molecule has 0 heterocycles. The van der Waals surface area contributed by atoms with Crippen molar-refractivity contribution < 1.29 is 19.4 Å². The molecule has 0 unspecified atom stereocenters. The smallest absolute Gasteiger partial charge is 0.407 e. The number of ether oxygens (including phenoxy) is 1. The van der Waals surface area contributed by atoms with Gasteiger partial charge in [0, 0.05) is 6.54 Å². The van der Waals surface area contributed by atoms with Gasteiger partial charge >= 0.3 is 12.1 Å². The van der Waals surface area contributed by atoms with Crippen molar-refractivity contribution in [2.24, 2.45) is 0 Å². The molecule has 0 aliphatic carbocycles. The molecule has 6 heteroatoms. The standard InChI is InChI=1S/C11H22N2O4/c1-8(9(14)15)12-6-5-7-13-10(16)17-11(2,3)4/h8,12H,5-7H2,1-4H3,(H,13,16)(H,14,15)/t8-/m0/s1. The minimum Gasteiger partial charge on any atom is -0.480 e. The maximum Gasteiger partial charge on any atom is 0.407 e. The first-order valence-electron chi connectivity index (χ1n) is 5.65. The fraction of sp³-hybridized carbons (Fsp3) is 0.818. The summed E-state index contributed by atoms with van der Waals surface area (Å²) in [5.41, 5.74) is -0.500. The Bertz CT molecular complexity index is 261. The Morgan fingerprint density at radius 2 is 1.88 bits per heavy atom. The number of aliphatic carboxylic acids is 1. The van der Waals surface area contributed by atoms with E-state index in [0.29, 0.717) is 19.5 Å². The molecule has 0 aliphatic rings. The molecule has 1 amide bonds. The highest BCUT2D eigenvalue weighted by Gasteiger charge is 2.15. The first-order chi connectivity index (χ1) is 7.72. The van der Waals surface area contributed by atoms with Gasteiger partial charge in [0.05, 0.1) is 0 Å². The van der Waals surface area contributed by atoms with Crippen molar-refractivity contribution in [2.45, 2.75) is 45.8 Å². The van der Waals surface area contributed by atoms with Crippen LogP contribution in [0.25, 0.3) is 0 Å². The van der Waals surface area contributed by atoms with E-state index < -0.39 is 23.7 Å². The molecule has 6 nitrogen and oxygen atoms in total. The molecule has 0 rings (SSSR count). The predicted octanol–water partition coefficient (Wildman–Crippen LogP) is 0.964. The molecule has 0 saturated heterocycles. The Labute approximate surface area is 102 Å². The quantitative estimate of drug-likeness (QED) is 0.608. The Kier molecular flexibility index (Phi) is 6.57. The number of alkyl carbamates (subject to hydrolysis) is 1. The molecule has 0 saturated carbocycles. The molecular formula is C11H22N2O4. The highest BCUT2D eigenvalue weighted by molar-refractivity contribution is 5.72.